The van der Waals surface area contributed by atoms with Crippen molar-refractivity contribution in [1.82, 2.24) is 4.90 Å². The quantitative estimate of drug-likeness (QED) is 0.866. The molecule has 0 heterocycles. The number of hydrogen-bond donors (Lipinski definition) is 1. The Labute approximate surface area is 149 Å². The maximum Gasteiger partial charge on any atom is 0.471 e. The van der Waals surface area contributed by atoms with Crippen LogP contribution in [-0.2, 0) is 11.3 Å². The molecule has 2 aromatic carbocycles. The molecule has 2 rings (SSSR count). The van der Waals surface area contributed by atoms with E-state index in [-0.39, 0.29) is 19.0 Å². The van der Waals surface area contributed by atoms with Gasteiger partial charge in [-0.1, -0.05) is 29.8 Å². The Bertz CT molecular complexity index is 786. The Morgan fingerprint density at radius 1 is 1.08 bits per heavy atom. The highest BCUT2D eigenvalue weighted by Gasteiger charge is 2.41. The van der Waals surface area contributed by atoms with Crippen LogP contribution in [0.25, 0.3) is 0 Å². The van der Waals surface area contributed by atoms with Crippen LogP contribution in [0.15, 0.2) is 48.5 Å². The van der Waals surface area contributed by atoms with Crippen molar-refractivity contribution in [3.8, 4) is 0 Å². The number of benzene rings is 2. The molecular weight excluding hydrogens is 345 g/mol. The molecule has 2 aromatic rings. The van der Waals surface area contributed by atoms with Crippen LogP contribution < -0.4 is 5.32 Å². The van der Waals surface area contributed by atoms with Crippen molar-refractivity contribution < 1.29 is 22.8 Å². The monoisotopic (exact) mass is 364 g/mol. The number of rotatable bonds is 5. The SMILES string of the molecule is CCN(Cc1cccc(NC(=O)c2ccc(C)cc2)c1)C(=O)C(F)(F)F. The number of amides is 2. The average Bonchev–Trinajstić information content (AvgIpc) is 2.59. The van der Waals surface area contributed by atoms with Crippen LogP contribution in [0.1, 0.15) is 28.4 Å². The molecule has 0 spiro atoms. The maximum atomic E-state index is 12.6. The summed E-state index contributed by atoms with van der Waals surface area (Å²) < 4.78 is 37.8. The summed E-state index contributed by atoms with van der Waals surface area (Å²) in [6.45, 7) is 3.13. The Hall–Kier alpha value is -2.83. The van der Waals surface area contributed by atoms with E-state index in [1.807, 2.05) is 19.1 Å². The minimum absolute atomic E-state index is 0.0711. The van der Waals surface area contributed by atoms with Gasteiger partial charge in [0, 0.05) is 24.3 Å². The highest BCUT2D eigenvalue weighted by molar-refractivity contribution is 6.04. The minimum atomic E-state index is -4.91. The molecule has 0 bridgehead atoms. The number of aryl methyl sites for hydroxylation is 1. The normalized spacial score (nSPS) is 11.1. The summed E-state index contributed by atoms with van der Waals surface area (Å²) in [4.78, 5) is 24.3. The zero-order valence-electron chi connectivity index (χ0n) is 14.4. The van der Waals surface area contributed by atoms with E-state index in [1.165, 1.54) is 6.92 Å². The summed E-state index contributed by atoms with van der Waals surface area (Å²) >= 11 is 0. The number of anilines is 1. The molecule has 138 valence electrons. The summed E-state index contributed by atoms with van der Waals surface area (Å²) in [6, 6.07) is 13.4. The number of alkyl halides is 3. The lowest BCUT2D eigenvalue weighted by molar-refractivity contribution is -0.185. The second-order valence-corrected chi connectivity index (χ2v) is 5.84. The zero-order chi connectivity index (χ0) is 19.3. The van der Waals surface area contributed by atoms with Gasteiger partial charge in [0.2, 0.25) is 0 Å². The van der Waals surface area contributed by atoms with Crippen molar-refractivity contribution in [2.45, 2.75) is 26.6 Å². The number of hydrogen-bond acceptors (Lipinski definition) is 2. The van der Waals surface area contributed by atoms with Crippen LogP contribution >= 0.6 is 0 Å². The van der Waals surface area contributed by atoms with Gasteiger partial charge < -0.3 is 10.2 Å². The van der Waals surface area contributed by atoms with E-state index >= 15 is 0 Å². The lowest BCUT2D eigenvalue weighted by atomic mass is 10.1. The lowest BCUT2D eigenvalue weighted by Gasteiger charge is -2.22. The summed E-state index contributed by atoms with van der Waals surface area (Å²) in [7, 11) is 0. The third-order valence-electron chi connectivity index (χ3n) is 3.78. The van der Waals surface area contributed by atoms with Gasteiger partial charge >= 0.3 is 12.1 Å². The lowest BCUT2D eigenvalue weighted by Crippen LogP contribution is -2.40. The fourth-order valence-electron chi connectivity index (χ4n) is 2.38. The first-order valence-corrected chi connectivity index (χ1v) is 8.03. The van der Waals surface area contributed by atoms with Crippen LogP contribution in [-0.4, -0.2) is 29.4 Å². The van der Waals surface area contributed by atoms with Gasteiger partial charge in [0.1, 0.15) is 0 Å². The summed E-state index contributed by atoms with van der Waals surface area (Å²) in [5, 5.41) is 2.70. The van der Waals surface area contributed by atoms with Gasteiger partial charge in [0.25, 0.3) is 5.91 Å². The van der Waals surface area contributed by atoms with E-state index in [4.69, 9.17) is 0 Å². The van der Waals surface area contributed by atoms with Crippen LogP contribution in [0.2, 0.25) is 0 Å². The first kappa shape index (κ1) is 19.5. The van der Waals surface area contributed by atoms with Crippen molar-refractivity contribution in [3.05, 3.63) is 65.2 Å². The number of carbonyl (C=O) groups excluding carboxylic acids is 2. The third kappa shape index (κ3) is 5.08. The van der Waals surface area contributed by atoms with E-state index < -0.39 is 12.1 Å². The van der Waals surface area contributed by atoms with Crippen LogP contribution in [0.3, 0.4) is 0 Å². The molecule has 2 amide bonds. The van der Waals surface area contributed by atoms with Gasteiger partial charge in [0.15, 0.2) is 0 Å². The molecule has 0 aliphatic rings. The molecule has 0 saturated carbocycles. The Morgan fingerprint density at radius 2 is 1.73 bits per heavy atom. The molecule has 0 saturated heterocycles. The van der Waals surface area contributed by atoms with Crippen LogP contribution in [0.4, 0.5) is 18.9 Å². The predicted octanol–water partition coefficient (Wildman–Crippen LogP) is 4.16. The first-order valence-electron chi connectivity index (χ1n) is 8.03. The largest absolute Gasteiger partial charge is 0.471 e. The Morgan fingerprint density at radius 3 is 2.31 bits per heavy atom. The number of carbonyl (C=O) groups is 2. The number of nitrogens with one attached hydrogen (secondary N) is 1. The highest BCUT2D eigenvalue weighted by atomic mass is 19.4. The molecule has 0 atom stereocenters. The molecule has 26 heavy (non-hydrogen) atoms. The minimum Gasteiger partial charge on any atom is -0.331 e. The van der Waals surface area contributed by atoms with Gasteiger partial charge in [0.05, 0.1) is 0 Å². The van der Waals surface area contributed by atoms with Gasteiger partial charge in [-0.15, -0.1) is 0 Å². The van der Waals surface area contributed by atoms with E-state index in [0.717, 1.165) is 5.56 Å². The maximum absolute atomic E-state index is 12.6. The number of halogens is 3. The zero-order valence-corrected chi connectivity index (χ0v) is 14.4. The Kier molecular flexibility index (Phi) is 6.02. The fourth-order valence-corrected chi connectivity index (χ4v) is 2.38. The molecule has 0 aliphatic carbocycles. The van der Waals surface area contributed by atoms with Gasteiger partial charge in [-0.3, -0.25) is 9.59 Å². The standard InChI is InChI=1S/C19H19F3N2O2/c1-3-24(18(26)19(20,21)22)12-14-5-4-6-16(11-14)23-17(25)15-9-7-13(2)8-10-15/h4-11H,3,12H2,1-2H3,(H,23,25). The highest BCUT2D eigenvalue weighted by Crippen LogP contribution is 2.21. The molecular formula is C19H19F3N2O2. The second kappa shape index (κ2) is 8.03. The van der Waals surface area contributed by atoms with Gasteiger partial charge in [-0.25, -0.2) is 0 Å². The van der Waals surface area contributed by atoms with Gasteiger partial charge in [-0.05, 0) is 43.7 Å². The average molecular weight is 364 g/mol. The van der Waals surface area contributed by atoms with E-state index in [2.05, 4.69) is 5.32 Å². The molecule has 7 heteroatoms. The topological polar surface area (TPSA) is 49.4 Å². The van der Waals surface area contributed by atoms with Crippen molar-refractivity contribution in [2.24, 2.45) is 0 Å². The van der Waals surface area contributed by atoms with Crippen molar-refractivity contribution in [3.63, 3.8) is 0 Å². The summed E-state index contributed by atoms with van der Waals surface area (Å²) in [6.07, 6.45) is -4.91. The van der Waals surface area contributed by atoms with Crippen LogP contribution in [0.5, 0.6) is 0 Å². The smallest absolute Gasteiger partial charge is 0.331 e. The van der Waals surface area contributed by atoms with Gasteiger partial charge in [-0.2, -0.15) is 13.2 Å². The predicted molar refractivity (Wildman–Crippen MR) is 92.7 cm³/mol. The van der Waals surface area contributed by atoms with E-state index in [0.29, 0.717) is 21.7 Å². The molecule has 1 N–H and O–H groups in total. The van der Waals surface area contributed by atoms with Crippen molar-refractivity contribution in [2.75, 3.05) is 11.9 Å². The van der Waals surface area contributed by atoms with Crippen LogP contribution in [0, 0.1) is 6.92 Å². The number of nitrogens with zero attached hydrogens (tertiary/aromatic N) is 1. The molecule has 0 aliphatic heterocycles. The third-order valence-corrected chi connectivity index (χ3v) is 3.78. The molecule has 0 unspecified atom stereocenters. The fraction of sp³-hybridized carbons (Fsp3) is 0.263. The summed E-state index contributed by atoms with van der Waals surface area (Å²) in [5.74, 6) is -2.20. The van der Waals surface area contributed by atoms with E-state index in [1.54, 1.807) is 36.4 Å². The van der Waals surface area contributed by atoms with Crippen molar-refractivity contribution >= 4 is 17.5 Å². The first-order chi connectivity index (χ1) is 12.2. The molecule has 0 radical (unpaired) electrons. The molecule has 4 nitrogen and oxygen atoms in total. The Balaban J connectivity index is 2.10. The van der Waals surface area contributed by atoms with Crippen molar-refractivity contribution in [1.29, 1.82) is 0 Å². The second-order valence-electron chi connectivity index (χ2n) is 5.84. The van der Waals surface area contributed by atoms with E-state index in [9.17, 15) is 22.8 Å². The summed E-state index contributed by atoms with van der Waals surface area (Å²) in [5.41, 5.74) is 2.44. The molecule has 0 fully saturated rings. The molecule has 0 aromatic heterocycles.